The van der Waals surface area contributed by atoms with Crippen LogP contribution in [-0.2, 0) is 0 Å². The maximum atomic E-state index is 5.69. The predicted molar refractivity (Wildman–Crippen MR) is 59.2 cm³/mol. The number of fused-ring (bicyclic) bond motifs is 1. The third-order valence-corrected chi connectivity index (χ3v) is 2.58. The van der Waals surface area contributed by atoms with Gasteiger partial charge in [-0.3, -0.25) is 0 Å². The molecular formula is C11H15N3. The maximum absolute atomic E-state index is 5.69. The summed E-state index contributed by atoms with van der Waals surface area (Å²) in [6.45, 7) is 0.609. The van der Waals surface area contributed by atoms with Gasteiger partial charge in [-0.15, -0.1) is 0 Å². The summed E-state index contributed by atoms with van der Waals surface area (Å²) >= 11 is 0. The van der Waals surface area contributed by atoms with Crippen LogP contribution < -0.4 is 11.1 Å². The summed E-state index contributed by atoms with van der Waals surface area (Å²) in [6.07, 6.45) is 2.03. The third-order valence-electron chi connectivity index (χ3n) is 2.58. The summed E-state index contributed by atoms with van der Waals surface area (Å²) in [5.41, 5.74) is 8.09. The molecule has 1 aromatic heterocycles. The first-order chi connectivity index (χ1) is 6.86. The van der Waals surface area contributed by atoms with Crippen LogP contribution in [0.2, 0.25) is 0 Å². The minimum atomic E-state index is 0.228. The van der Waals surface area contributed by atoms with Crippen LogP contribution >= 0.6 is 0 Å². The quantitative estimate of drug-likeness (QED) is 0.683. The summed E-state index contributed by atoms with van der Waals surface area (Å²) in [5.74, 6) is 0. The Morgan fingerprint density at radius 3 is 2.93 bits per heavy atom. The van der Waals surface area contributed by atoms with Crippen LogP contribution in [0, 0.1) is 0 Å². The highest BCUT2D eigenvalue weighted by Gasteiger charge is 2.11. The molecule has 0 aliphatic carbocycles. The Morgan fingerprint density at radius 1 is 1.43 bits per heavy atom. The fourth-order valence-corrected chi connectivity index (χ4v) is 1.78. The molecule has 0 saturated heterocycles. The summed E-state index contributed by atoms with van der Waals surface area (Å²) in [5, 5.41) is 4.45. The van der Waals surface area contributed by atoms with Gasteiger partial charge in [0.15, 0.2) is 0 Å². The molecular weight excluding hydrogens is 174 g/mol. The number of aromatic amines is 1. The van der Waals surface area contributed by atoms with Gasteiger partial charge < -0.3 is 16.0 Å². The normalized spacial score (nSPS) is 13.3. The molecule has 4 N–H and O–H groups in total. The molecule has 2 rings (SSSR count). The van der Waals surface area contributed by atoms with Gasteiger partial charge in [0, 0.05) is 29.7 Å². The lowest BCUT2D eigenvalue weighted by Crippen LogP contribution is -2.24. The standard InChI is InChI=1S/C11H15N3/c1-13-11(6-12)9-7-14-10-5-3-2-4-8(9)10/h2-5,7,11,13-14H,6,12H2,1H3. The number of para-hydroxylation sites is 1. The van der Waals surface area contributed by atoms with E-state index in [9.17, 15) is 0 Å². The van der Waals surface area contributed by atoms with Crippen molar-refractivity contribution in [1.82, 2.24) is 10.3 Å². The van der Waals surface area contributed by atoms with E-state index in [-0.39, 0.29) is 6.04 Å². The number of H-pyrrole nitrogens is 1. The Kier molecular flexibility index (Phi) is 2.52. The maximum Gasteiger partial charge on any atom is 0.0463 e. The molecule has 2 aromatic rings. The fourth-order valence-electron chi connectivity index (χ4n) is 1.78. The number of rotatable bonds is 3. The first-order valence-electron chi connectivity index (χ1n) is 4.80. The molecule has 0 bridgehead atoms. The van der Waals surface area contributed by atoms with Crippen molar-refractivity contribution in [3.05, 3.63) is 36.0 Å². The van der Waals surface area contributed by atoms with E-state index in [0.29, 0.717) is 6.54 Å². The fraction of sp³-hybridized carbons (Fsp3) is 0.273. The van der Waals surface area contributed by atoms with E-state index < -0.39 is 0 Å². The summed E-state index contributed by atoms with van der Waals surface area (Å²) < 4.78 is 0. The molecule has 14 heavy (non-hydrogen) atoms. The van der Waals surface area contributed by atoms with Crippen molar-refractivity contribution >= 4 is 10.9 Å². The van der Waals surface area contributed by atoms with Crippen LogP contribution in [0.5, 0.6) is 0 Å². The van der Waals surface area contributed by atoms with Gasteiger partial charge in [-0.1, -0.05) is 18.2 Å². The molecule has 1 heterocycles. The van der Waals surface area contributed by atoms with E-state index in [4.69, 9.17) is 5.73 Å². The first kappa shape index (κ1) is 9.24. The van der Waals surface area contributed by atoms with E-state index in [0.717, 1.165) is 5.52 Å². The van der Waals surface area contributed by atoms with Crippen molar-refractivity contribution in [3.8, 4) is 0 Å². The third kappa shape index (κ3) is 1.41. The van der Waals surface area contributed by atoms with Gasteiger partial charge in [0.05, 0.1) is 0 Å². The summed E-state index contributed by atoms with van der Waals surface area (Å²) in [6, 6.07) is 8.48. The lowest BCUT2D eigenvalue weighted by Gasteiger charge is -2.12. The Bertz CT molecular complexity index is 415. The highest BCUT2D eigenvalue weighted by molar-refractivity contribution is 5.83. The van der Waals surface area contributed by atoms with E-state index in [1.165, 1.54) is 10.9 Å². The average Bonchev–Trinajstić information content (AvgIpc) is 2.65. The number of nitrogens with two attached hydrogens (primary N) is 1. The van der Waals surface area contributed by atoms with Crippen LogP contribution in [-0.4, -0.2) is 18.6 Å². The molecule has 0 amide bonds. The van der Waals surface area contributed by atoms with Crippen LogP contribution in [0.1, 0.15) is 11.6 Å². The van der Waals surface area contributed by atoms with Gasteiger partial charge in [0.1, 0.15) is 0 Å². The van der Waals surface area contributed by atoms with Gasteiger partial charge in [0.25, 0.3) is 0 Å². The monoisotopic (exact) mass is 189 g/mol. The molecule has 1 aromatic carbocycles. The van der Waals surface area contributed by atoms with E-state index in [1.807, 2.05) is 25.4 Å². The van der Waals surface area contributed by atoms with Gasteiger partial charge >= 0.3 is 0 Å². The lowest BCUT2D eigenvalue weighted by atomic mass is 10.1. The van der Waals surface area contributed by atoms with Crippen molar-refractivity contribution < 1.29 is 0 Å². The molecule has 3 nitrogen and oxygen atoms in total. The van der Waals surface area contributed by atoms with Crippen molar-refractivity contribution in [1.29, 1.82) is 0 Å². The molecule has 1 atom stereocenters. The smallest absolute Gasteiger partial charge is 0.0463 e. The SMILES string of the molecule is CNC(CN)c1c[nH]c2ccccc12. The van der Waals surface area contributed by atoms with Crippen LogP contribution in [0.15, 0.2) is 30.5 Å². The number of hydrogen-bond donors (Lipinski definition) is 3. The molecule has 0 aliphatic heterocycles. The number of hydrogen-bond acceptors (Lipinski definition) is 2. The molecule has 1 unspecified atom stereocenters. The summed E-state index contributed by atoms with van der Waals surface area (Å²) in [4.78, 5) is 3.24. The highest BCUT2D eigenvalue weighted by Crippen LogP contribution is 2.22. The lowest BCUT2D eigenvalue weighted by molar-refractivity contribution is 0.610. The van der Waals surface area contributed by atoms with Crippen molar-refractivity contribution in [2.24, 2.45) is 5.73 Å². The number of aromatic nitrogens is 1. The van der Waals surface area contributed by atoms with E-state index in [2.05, 4.69) is 22.4 Å². The molecule has 0 aliphatic rings. The van der Waals surface area contributed by atoms with E-state index in [1.54, 1.807) is 0 Å². The number of likely N-dealkylation sites (N-methyl/N-ethyl adjacent to an activating group) is 1. The second-order valence-corrected chi connectivity index (χ2v) is 3.37. The highest BCUT2D eigenvalue weighted by atomic mass is 14.9. The van der Waals surface area contributed by atoms with Crippen molar-refractivity contribution in [2.45, 2.75) is 6.04 Å². The Morgan fingerprint density at radius 2 is 2.21 bits per heavy atom. The molecule has 0 saturated carbocycles. The zero-order valence-corrected chi connectivity index (χ0v) is 8.25. The van der Waals surface area contributed by atoms with Crippen LogP contribution in [0.25, 0.3) is 10.9 Å². The Labute approximate surface area is 83.3 Å². The largest absolute Gasteiger partial charge is 0.361 e. The molecule has 74 valence electrons. The molecule has 0 fully saturated rings. The van der Waals surface area contributed by atoms with Crippen molar-refractivity contribution in [3.63, 3.8) is 0 Å². The topological polar surface area (TPSA) is 53.8 Å². The minimum Gasteiger partial charge on any atom is -0.361 e. The van der Waals surface area contributed by atoms with Gasteiger partial charge in [-0.2, -0.15) is 0 Å². The second-order valence-electron chi connectivity index (χ2n) is 3.37. The summed E-state index contributed by atoms with van der Waals surface area (Å²) in [7, 11) is 1.93. The average molecular weight is 189 g/mol. The zero-order chi connectivity index (χ0) is 9.97. The minimum absolute atomic E-state index is 0.228. The van der Waals surface area contributed by atoms with Crippen LogP contribution in [0.3, 0.4) is 0 Å². The zero-order valence-electron chi connectivity index (χ0n) is 8.25. The van der Waals surface area contributed by atoms with Gasteiger partial charge in [-0.05, 0) is 18.7 Å². The number of nitrogens with one attached hydrogen (secondary N) is 2. The van der Waals surface area contributed by atoms with Gasteiger partial charge in [0.2, 0.25) is 0 Å². The van der Waals surface area contributed by atoms with E-state index >= 15 is 0 Å². The van der Waals surface area contributed by atoms with Gasteiger partial charge in [-0.25, -0.2) is 0 Å². The Balaban J connectivity index is 2.51. The molecule has 0 spiro atoms. The van der Waals surface area contributed by atoms with Crippen LogP contribution in [0.4, 0.5) is 0 Å². The molecule has 3 heteroatoms. The number of benzene rings is 1. The predicted octanol–water partition coefficient (Wildman–Crippen LogP) is 1.39. The second kappa shape index (κ2) is 3.82. The van der Waals surface area contributed by atoms with Crippen molar-refractivity contribution in [2.75, 3.05) is 13.6 Å². The molecule has 0 radical (unpaired) electrons. The first-order valence-corrected chi connectivity index (χ1v) is 4.80. The Hall–Kier alpha value is -1.32.